The summed E-state index contributed by atoms with van der Waals surface area (Å²) in [5, 5.41) is 2.40. The van der Waals surface area contributed by atoms with Gasteiger partial charge >= 0.3 is 12.1 Å². The molecule has 2 aromatic rings. The van der Waals surface area contributed by atoms with Crippen LogP contribution in [0.15, 0.2) is 30.3 Å². The van der Waals surface area contributed by atoms with Crippen LogP contribution in [0.1, 0.15) is 10.4 Å². The maximum atomic E-state index is 14.7. The number of anilines is 2. The minimum atomic E-state index is -5.24. The van der Waals surface area contributed by atoms with Crippen LogP contribution in [0, 0.1) is 21.0 Å². The van der Waals surface area contributed by atoms with E-state index in [1.807, 2.05) is 22.6 Å². The Labute approximate surface area is 220 Å². The van der Waals surface area contributed by atoms with Gasteiger partial charge in [-0.1, -0.05) is 0 Å². The van der Waals surface area contributed by atoms with Crippen molar-refractivity contribution in [3.63, 3.8) is 0 Å². The number of nitrogens with one attached hydrogen (secondary N) is 1. The number of carbonyl (C=O) groups excluding carboxylic acids is 2. The molecule has 2 fully saturated rings. The van der Waals surface area contributed by atoms with Crippen molar-refractivity contribution < 1.29 is 45.4 Å². The molecule has 0 spiro atoms. The lowest BCUT2D eigenvalue weighted by Gasteiger charge is -2.51. The summed E-state index contributed by atoms with van der Waals surface area (Å²) in [6, 6.07) is 5.63. The Bertz CT molecular complexity index is 1200. The topological polar surface area (TPSA) is 71.1 Å². The van der Waals surface area contributed by atoms with Crippen molar-refractivity contribution in [1.29, 1.82) is 0 Å². The number of alkyl halides is 3. The van der Waals surface area contributed by atoms with Crippen molar-refractivity contribution in [3.8, 4) is 0 Å². The molecule has 0 atom stereocenters. The van der Waals surface area contributed by atoms with E-state index in [1.54, 1.807) is 4.90 Å². The minimum absolute atomic E-state index is 0.0846. The highest BCUT2D eigenvalue weighted by atomic mass is 127. The molecule has 2 aromatic carbocycles. The lowest BCUT2D eigenvalue weighted by Crippen LogP contribution is -2.70. The zero-order valence-electron chi connectivity index (χ0n) is 19.0. The molecule has 1 amide bonds. The highest BCUT2D eigenvalue weighted by Crippen LogP contribution is 2.35. The standard InChI is InChI=1S/C23H20F6IN3O4/c24-15-3-2-14(19(18(15)26)31-17-4-1-13(30)9-16(17)25)20(34)33-11-22(12-33,37-21(35)23(27,28)29)10-32-5-7-36-8-6-32/h1-4,9,31H,5-8,10-12H2. The van der Waals surface area contributed by atoms with Crippen molar-refractivity contribution >= 4 is 45.8 Å². The first-order chi connectivity index (χ1) is 17.4. The molecule has 0 aromatic heterocycles. The first-order valence-electron chi connectivity index (χ1n) is 11.0. The smallest absolute Gasteiger partial charge is 0.447 e. The van der Waals surface area contributed by atoms with Crippen LogP contribution in [0.4, 0.5) is 37.7 Å². The quantitative estimate of drug-likeness (QED) is 0.291. The third-order valence-corrected chi connectivity index (χ3v) is 6.59. The number of nitrogens with zero attached hydrogens (tertiary/aromatic N) is 2. The molecule has 37 heavy (non-hydrogen) atoms. The van der Waals surface area contributed by atoms with E-state index in [2.05, 4.69) is 5.32 Å². The van der Waals surface area contributed by atoms with E-state index in [0.717, 1.165) is 17.0 Å². The fourth-order valence-electron chi connectivity index (χ4n) is 4.16. The second kappa shape index (κ2) is 10.6. The Morgan fingerprint density at radius 2 is 1.73 bits per heavy atom. The van der Waals surface area contributed by atoms with Gasteiger partial charge < -0.3 is 19.7 Å². The van der Waals surface area contributed by atoms with Crippen molar-refractivity contribution in [1.82, 2.24) is 9.80 Å². The molecule has 2 aliphatic rings. The Balaban J connectivity index is 1.57. The third-order valence-electron chi connectivity index (χ3n) is 5.92. The number of esters is 1. The molecule has 1 N–H and O–H groups in total. The van der Waals surface area contributed by atoms with Crippen LogP contribution in [-0.2, 0) is 14.3 Å². The first-order valence-corrected chi connectivity index (χ1v) is 12.1. The Morgan fingerprint density at radius 1 is 1.05 bits per heavy atom. The van der Waals surface area contributed by atoms with Crippen molar-refractivity contribution in [3.05, 3.63) is 56.9 Å². The molecular formula is C23H20F6IN3O4. The van der Waals surface area contributed by atoms with Gasteiger partial charge in [0.05, 0.1) is 43.2 Å². The van der Waals surface area contributed by atoms with Crippen LogP contribution in [0.25, 0.3) is 0 Å². The summed E-state index contributed by atoms with van der Waals surface area (Å²) in [4.78, 5) is 27.6. The van der Waals surface area contributed by atoms with Crippen LogP contribution in [0.3, 0.4) is 0 Å². The van der Waals surface area contributed by atoms with E-state index in [9.17, 15) is 35.9 Å². The monoisotopic (exact) mass is 643 g/mol. The van der Waals surface area contributed by atoms with Gasteiger partial charge in [-0.15, -0.1) is 0 Å². The molecule has 14 heteroatoms. The molecule has 0 saturated carbocycles. The van der Waals surface area contributed by atoms with E-state index < -0.39 is 59.9 Å². The summed E-state index contributed by atoms with van der Waals surface area (Å²) in [6.07, 6.45) is -5.24. The van der Waals surface area contributed by atoms with E-state index in [0.29, 0.717) is 35.9 Å². The Morgan fingerprint density at radius 3 is 2.35 bits per heavy atom. The molecule has 4 rings (SSSR count). The van der Waals surface area contributed by atoms with Gasteiger partial charge in [0, 0.05) is 23.2 Å². The Hall–Kier alpha value is -2.59. The molecular weight excluding hydrogens is 623 g/mol. The summed E-state index contributed by atoms with van der Waals surface area (Å²) >= 11 is 1.86. The number of hydrogen-bond donors (Lipinski definition) is 1. The van der Waals surface area contributed by atoms with E-state index in [4.69, 9.17) is 9.47 Å². The van der Waals surface area contributed by atoms with Gasteiger partial charge in [-0.3, -0.25) is 9.69 Å². The van der Waals surface area contributed by atoms with E-state index in [1.165, 1.54) is 12.1 Å². The van der Waals surface area contributed by atoms with Crippen LogP contribution < -0.4 is 5.32 Å². The molecule has 0 aliphatic carbocycles. The van der Waals surface area contributed by atoms with Gasteiger partial charge in [0.2, 0.25) is 0 Å². The number of likely N-dealkylation sites (tertiary alicyclic amines) is 1. The van der Waals surface area contributed by atoms with Gasteiger partial charge in [-0.2, -0.15) is 13.2 Å². The van der Waals surface area contributed by atoms with Crippen LogP contribution >= 0.6 is 22.6 Å². The summed E-state index contributed by atoms with van der Waals surface area (Å²) < 4.78 is 92.5. The number of hydrogen-bond acceptors (Lipinski definition) is 6. The minimum Gasteiger partial charge on any atom is -0.447 e. The first kappa shape index (κ1) is 27.4. The molecule has 0 bridgehead atoms. The molecule has 0 radical (unpaired) electrons. The highest BCUT2D eigenvalue weighted by molar-refractivity contribution is 14.1. The summed E-state index contributed by atoms with van der Waals surface area (Å²) in [5.41, 5.74) is -2.89. The van der Waals surface area contributed by atoms with Crippen LogP contribution in [0.5, 0.6) is 0 Å². The van der Waals surface area contributed by atoms with E-state index in [-0.39, 0.29) is 17.8 Å². The van der Waals surface area contributed by atoms with Crippen LogP contribution in [0.2, 0.25) is 0 Å². The van der Waals surface area contributed by atoms with E-state index >= 15 is 0 Å². The second-order valence-corrected chi connectivity index (χ2v) is 9.90. The number of rotatable bonds is 6. The second-order valence-electron chi connectivity index (χ2n) is 8.65. The Kier molecular flexibility index (Phi) is 7.90. The number of morpholine rings is 1. The maximum absolute atomic E-state index is 14.7. The number of carbonyl (C=O) groups is 2. The third kappa shape index (κ3) is 6.12. The molecule has 2 heterocycles. The van der Waals surface area contributed by atoms with Gasteiger partial charge in [-0.05, 0) is 52.9 Å². The van der Waals surface area contributed by atoms with Crippen molar-refractivity contribution in [2.24, 2.45) is 0 Å². The fourth-order valence-corrected chi connectivity index (χ4v) is 4.61. The highest BCUT2D eigenvalue weighted by Gasteiger charge is 2.54. The summed E-state index contributed by atoms with van der Waals surface area (Å²) in [7, 11) is 0. The maximum Gasteiger partial charge on any atom is 0.490 e. The summed E-state index contributed by atoms with van der Waals surface area (Å²) in [5.74, 6) is -6.77. The van der Waals surface area contributed by atoms with Gasteiger partial charge in [0.1, 0.15) is 5.82 Å². The van der Waals surface area contributed by atoms with Crippen molar-refractivity contribution in [2.75, 3.05) is 51.3 Å². The SMILES string of the molecule is O=C(c1ccc(F)c(F)c1Nc1ccc(I)cc1F)N1CC(CN2CCOCC2)(OC(=O)C(F)(F)F)C1. The molecule has 7 nitrogen and oxygen atoms in total. The van der Waals surface area contributed by atoms with Gasteiger partial charge in [-0.25, -0.2) is 18.0 Å². The average Bonchev–Trinajstić information content (AvgIpc) is 2.81. The van der Waals surface area contributed by atoms with Crippen LogP contribution in [-0.4, -0.2) is 79.4 Å². The average molecular weight is 643 g/mol. The number of amides is 1. The predicted molar refractivity (Wildman–Crippen MR) is 127 cm³/mol. The normalized spacial score (nSPS) is 17.8. The van der Waals surface area contributed by atoms with Gasteiger partial charge in [0.25, 0.3) is 5.91 Å². The molecule has 200 valence electrons. The zero-order chi connectivity index (χ0) is 27.0. The molecule has 2 aliphatic heterocycles. The fraction of sp³-hybridized carbons (Fsp3) is 0.391. The molecule has 2 saturated heterocycles. The largest absolute Gasteiger partial charge is 0.490 e. The lowest BCUT2D eigenvalue weighted by atomic mass is 9.91. The molecule has 0 unspecified atom stereocenters. The number of benzene rings is 2. The summed E-state index contributed by atoms with van der Waals surface area (Å²) in [6.45, 7) is 0.535. The number of ether oxygens (including phenoxy) is 2. The number of halogens is 7. The lowest BCUT2D eigenvalue weighted by molar-refractivity contribution is -0.227. The van der Waals surface area contributed by atoms with Gasteiger partial charge in [0.15, 0.2) is 17.2 Å². The zero-order valence-corrected chi connectivity index (χ0v) is 21.2. The predicted octanol–water partition coefficient (Wildman–Crippen LogP) is 4.08. The van der Waals surface area contributed by atoms with Crippen molar-refractivity contribution in [2.45, 2.75) is 11.8 Å².